The largest absolute Gasteiger partial charge is 0.480 e. The van der Waals surface area contributed by atoms with Gasteiger partial charge in [-0.15, -0.1) is 0 Å². The molecular weight excluding hydrogens is 487 g/mol. The summed E-state index contributed by atoms with van der Waals surface area (Å²) < 4.78 is 44.1. The quantitative estimate of drug-likeness (QED) is 0.418. The number of benzene rings is 3. The van der Waals surface area contributed by atoms with Gasteiger partial charge in [-0.2, -0.15) is 0 Å². The Labute approximate surface area is 201 Å². The lowest BCUT2D eigenvalue weighted by Gasteiger charge is -2.16. The molecule has 35 heavy (non-hydrogen) atoms. The first-order chi connectivity index (χ1) is 16.6. The molecule has 1 heterocycles. The highest BCUT2D eigenvalue weighted by atomic mass is 35.5. The molecule has 11 heteroatoms. The number of hydrogen-bond donors (Lipinski definition) is 2. The maximum absolute atomic E-state index is 14.3. The highest BCUT2D eigenvalue weighted by molar-refractivity contribution is 6.33. The molecule has 7 nitrogen and oxygen atoms in total. The molecule has 0 spiro atoms. The molecule has 0 aliphatic rings. The van der Waals surface area contributed by atoms with Crippen LogP contribution in [0.4, 0.5) is 13.2 Å². The van der Waals surface area contributed by atoms with E-state index in [0.29, 0.717) is 11.3 Å². The zero-order valence-electron chi connectivity index (χ0n) is 18.1. The molecular formula is C24H17ClF3N3O4. The maximum atomic E-state index is 14.3. The van der Waals surface area contributed by atoms with Gasteiger partial charge in [-0.05, 0) is 42.0 Å². The van der Waals surface area contributed by atoms with E-state index in [9.17, 15) is 32.7 Å². The van der Waals surface area contributed by atoms with Gasteiger partial charge in [-0.25, -0.2) is 22.8 Å². The first-order valence-electron chi connectivity index (χ1n) is 10.2. The topological polar surface area (TPSA) is 93.3 Å². The number of amides is 1. The maximum Gasteiger partial charge on any atom is 0.333 e. The van der Waals surface area contributed by atoms with Crippen molar-refractivity contribution in [3.05, 3.63) is 98.7 Å². The zero-order valence-corrected chi connectivity index (χ0v) is 18.8. The van der Waals surface area contributed by atoms with Crippen LogP contribution < -0.4 is 11.0 Å². The number of halogens is 4. The van der Waals surface area contributed by atoms with Crippen molar-refractivity contribution in [2.45, 2.75) is 12.5 Å². The summed E-state index contributed by atoms with van der Waals surface area (Å²) in [6.45, 7) is 0. The van der Waals surface area contributed by atoms with Crippen LogP contribution in [-0.4, -0.2) is 32.2 Å². The second kappa shape index (κ2) is 9.30. The van der Waals surface area contributed by atoms with Gasteiger partial charge >= 0.3 is 11.7 Å². The second-order valence-corrected chi connectivity index (χ2v) is 8.14. The van der Waals surface area contributed by atoms with E-state index in [1.165, 1.54) is 54.1 Å². The lowest BCUT2D eigenvalue weighted by molar-refractivity contribution is -0.139. The molecule has 0 saturated heterocycles. The van der Waals surface area contributed by atoms with Crippen molar-refractivity contribution in [2.75, 3.05) is 0 Å². The summed E-state index contributed by atoms with van der Waals surface area (Å²) in [4.78, 5) is 36.9. The number of carbonyl (C=O) groups is 2. The number of hydrogen-bond acceptors (Lipinski definition) is 3. The number of nitrogens with one attached hydrogen (secondary N) is 1. The average molecular weight is 504 g/mol. The number of aryl methyl sites for hydroxylation is 1. The number of nitrogens with zero attached hydrogens (tertiary/aromatic N) is 2. The fourth-order valence-electron chi connectivity index (χ4n) is 3.79. The Kier molecular flexibility index (Phi) is 6.40. The molecule has 1 amide bonds. The Morgan fingerprint density at radius 2 is 1.71 bits per heavy atom. The molecule has 1 unspecified atom stereocenters. The molecule has 3 aromatic carbocycles. The Morgan fingerprint density at radius 3 is 2.34 bits per heavy atom. The standard InChI is InChI=1S/C24H17ClF3N3O4/c1-30-21-18(10-9-16(27)20(21)28)31(24(30)35)13-7-5-12(6-8-13)11-17(23(33)34)29-22(32)19-14(25)3-2-4-15(19)26/h2-10,17H,11H2,1H3,(H,29,32)(H,33,34). The summed E-state index contributed by atoms with van der Waals surface area (Å²) in [7, 11) is 1.32. The summed E-state index contributed by atoms with van der Waals surface area (Å²) in [5.41, 5.74) is -0.290. The minimum absolute atomic E-state index is 0.154. The van der Waals surface area contributed by atoms with Crippen LogP contribution in [0.25, 0.3) is 16.7 Å². The summed E-state index contributed by atoms with van der Waals surface area (Å²) in [5, 5.41) is 11.7. The third kappa shape index (κ3) is 4.40. The van der Waals surface area contributed by atoms with E-state index in [4.69, 9.17) is 11.6 Å². The molecule has 180 valence electrons. The first-order valence-corrected chi connectivity index (χ1v) is 10.6. The Balaban J connectivity index is 1.61. The summed E-state index contributed by atoms with van der Waals surface area (Å²) in [6, 6.07) is 10.5. The first kappa shape index (κ1) is 24.1. The summed E-state index contributed by atoms with van der Waals surface area (Å²) in [6.07, 6.45) is -0.155. The fourth-order valence-corrected chi connectivity index (χ4v) is 4.04. The SMILES string of the molecule is Cn1c(=O)n(-c2ccc(CC(NC(=O)c3c(F)cccc3Cl)C(=O)O)cc2)c2ccc(F)c(F)c21. The van der Waals surface area contributed by atoms with Crippen LogP contribution in [0.3, 0.4) is 0 Å². The molecule has 2 N–H and O–H groups in total. The Hall–Kier alpha value is -4.05. The number of carboxylic acid groups (broad SMARTS) is 1. The van der Waals surface area contributed by atoms with E-state index in [-0.39, 0.29) is 22.5 Å². The number of carboxylic acids is 1. The smallest absolute Gasteiger partial charge is 0.333 e. The van der Waals surface area contributed by atoms with Crippen molar-refractivity contribution in [2.24, 2.45) is 7.05 Å². The molecule has 4 aromatic rings. The van der Waals surface area contributed by atoms with E-state index in [1.54, 1.807) is 0 Å². The van der Waals surface area contributed by atoms with Crippen LogP contribution in [0.2, 0.25) is 5.02 Å². The van der Waals surface area contributed by atoms with Crippen molar-refractivity contribution in [3.63, 3.8) is 0 Å². The average Bonchev–Trinajstić information content (AvgIpc) is 3.06. The van der Waals surface area contributed by atoms with Crippen LogP contribution >= 0.6 is 11.6 Å². The predicted molar refractivity (Wildman–Crippen MR) is 122 cm³/mol. The predicted octanol–water partition coefficient (Wildman–Crippen LogP) is 3.83. The Morgan fingerprint density at radius 1 is 1.03 bits per heavy atom. The number of aliphatic carboxylic acids is 1. The van der Waals surface area contributed by atoms with Crippen molar-refractivity contribution in [3.8, 4) is 5.69 Å². The molecule has 0 aliphatic carbocycles. The lowest BCUT2D eigenvalue weighted by Crippen LogP contribution is -2.42. The third-order valence-electron chi connectivity index (χ3n) is 5.53. The molecule has 4 rings (SSSR count). The van der Waals surface area contributed by atoms with Crippen LogP contribution in [0, 0.1) is 17.5 Å². The van der Waals surface area contributed by atoms with Gasteiger partial charge in [0.25, 0.3) is 5.91 Å². The molecule has 0 bridgehead atoms. The number of aromatic nitrogens is 2. The van der Waals surface area contributed by atoms with Crippen molar-refractivity contribution < 1.29 is 27.9 Å². The number of imidazole rings is 1. The second-order valence-electron chi connectivity index (χ2n) is 7.74. The zero-order chi connectivity index (χ0) is 25.4. The van der Waals surface area contributed by atoms with Gasteiger partial charge in [0.05, 0.1) is 21.8 Å². The minimum Gasteiger partial charge on any atom is -0.480 e. The highest BCUT2D eigenvalue weighted by Crippen LogP contribution is 2.23. The van der Waals surface area contributed by atoms with Gasteiger partial charge in [-0.3, -0.25) is 13.9 Å². The summed E-state index contributed by atoms with van der Waals surface area (Å²) >= 11 is 5.88. The fraction of sp³-hybridized carbons (Fsp3) is 0.125. The van der Waals surface area contributed by atoms with Gasteiger partial charge in [-0.1, -0.05) is 29.8 Å². The van der Waals surface area contributed by atoms with Crippen molar-refractivity contribution in [1.29, 1.82) is 0 Å². The van der Waals surface area contributed by atoms with Crippen LogP contribution in [0.5, 0.6) is 0 Å². The van der Waals surface area contributed by atoms with Gasteiger partial charge in [0.15, 0.2) is 11.6 Å². The van der Waals surface area contributed by atoms with Crippen molar-refractivity contribution >= 4 is 34.5 Å². The van der Waals surface area contributed by atoms with E-state index < -0.39 is 46.6 Å². The third-order valence-corrected chi connectivity index (χ3v) is 5.84. The van der Waals surface area contributed by atoms with Gasteiger partial charge in [0, 0.05) is 13.5 Å². The van der Waals surface area contributed by atoms with Gasteiger partial charge in [0.2, 0.25) is 0 Å². The van der Waals surface area contributed by atoms with Gasteiger partial charge in [0.1, 0.15) is 17.4 Å². The lowest BCUT2D eigenvalue weighted by atomic mass is 10.0. The van der Waals surface area contributed by atoms with Crippen LogP contribution in [0.15, 0.2) is 59.4 Å². The van der Waals surface area contributed by atoms with E-state index in [1.807, 2.05) is 0 Å². The van der Waals surface area contributed by atoms with Crippen LogP contribution in [-0.2, 0) is 18.3 Å². The number of fused-ring (bicyclic) bond motifs is 1. The monoisotopic (exact) mass is 503 g/mol. The van der Waals surface area contributed by atoms with E-state index in [2.05, 4.69) is 5.32 Å². The van der Waals surface area contributed by atoms with Gasteiger partial charge < -0.3 is 10.4 Å². The van der Waals surface area contributed by atoms with Crippen molar-refractivity contribution in [1.82, 2.24) is 14.5 Å². The molecule has 1 aromatic heterocycles. The molecule has 0 radical (unpaired) electrons. The Bertz CT molecular complexity index is 1510. The minimum atomic E-state index is -1.40. The molecule has 0 saturated carbocycles. The van der Waals surface area contributed by atoms with E-state index in [0.717, 1.165) is 16.7 Å². The summed E-state index contributed by atoms with van der Waals surface area (Å²) in [5.74, 6) is -5.45. The highest BCUT2D eigenvalue weighted by Gasteiger charge is 2.24. The molecule has 0 fully saturated rings. The number of rotatable bonds is 6. The van der Waals surface area contributed by atoms with E-state index >= 15 is 0 Å². The van der Waals surface area contributed by atoms with Crippen LogP contribution in [0.1, 0.15) is 15.9 Å². The normalized spacial score (nSPS) is 12.0. The molecule has 0 aliphatic heterocycles. The number of carbonyl (C=O) groups excluding carboxylic acids is 1. The molecule has 1 atom stereocenters.